The highest BCUT2D eigenvalue weighted by Crippen LogP contribution is 2.37. The van der Waals surface area contributed by atoms with Crippen LogP contribution in [0.4, 0.5) is 0 Å². The molecule has 2 atom stereocenters. The summed E-state index contributed by atoms with van der Waals surface area (Å²) in [4.78, 5) is 5.22. The van der Waals surface area contributed by atoms with Gasteiger partial charge in [-0.3, -0.25) is 9.19 Å². The van der Waals surface area contributed by atoms with Crippen molar-refractivity contribution in [1.82, 2.24) is 10.3 Å². The molecule has 0 bridgehead atoms. The number of rotatable bonds is 2. The second kappa shape index (κ2) is 5.45. The van der Waals surface area contributed by atoms with Crippen LogP contribution in [0, 0.1) is 6.92 Å². The molecule has 18 heavy (non-hydrogen) atoms. The monoisotopic (exact) mass is 282 g/mol. The van der Waals surface area contributed by atoms with Crippen LogP contribution in [0.2, 0.25) is 0 Å². The Hall–Kier alpha value is -0.810. The Morgan fingerprint density at radius 3 is 2.89 bits per heavy atom. The van der Waals surface area contributed by atoms with Gasteiger partial charge in [0.1, 0.15) is 9.74 Å². The van der Waals surface area contributed by atoms with Crippen LogP contribution in [-0.2, 0) is 15.5 Å². The van der Waals surface area contributed by atoms with Gasteiger partial charge in [0.25, 0.3) is 0 Å². The number of aryl methyl sites for hydroxylation is 1. The molecule has 1 aliphatic rings. The molecule has 0 radical (unpaired) electrons. The molecule has 1 saturated heterocycles. The quantitative estimate of drug-likeness (QED) is 0.843. The van der Waals surface area contributed by atoms with E-state index in [0.717, 1.165) is 30.7 Å². The van der Waals surface area contributed by atoms with Crippen molar-refractivity contribution in [3.05, 3.63) is 29.6 Å². The van der Waals surface area contributed by atoms with Gasteiger partial charge in [0.05, 0.1) is 5.69 Å². The van der Waals surface area contributed by atoms with E-state index in [2.05, 4.69) is 10.3 Å². The van der Waals surface area contributed by atoms with Crippen molar-refractivity contribution in [3.63, 3.8) is 0 Å². The van der Waals surface area contributed by atoms with Crippen LogP contribution in [0.25, 0.3) is 0 Å². The largest absolute Gasteiger partial charge is 0.381 e. The molecule has 0 aromatic carbocycles. The summed E-state index contributed by atoms with van der Waals surface area (Å²) in [5.74, 6) is 0.706. The number of aromatic nitrogens is 1. The number of nitrogens with one attached hydrogen (secondary N) is 1. The smallest absolute Gasteiger partial charge is 0.137 e. The highest BCUT2D eigenvalue weighted by atomic mass is 32.2. The van der Waals surface area contributed by atoms with E-state index in [1.165, 1.54) is 0 Å². The molecular formula is C13H18N2OS2. The minimum Gasteiger partial charge on any atom is -0.381 e. The average molecular weight is 282 g/mol. The lowest BCUT2D eigenvalue weighted by Gasteiger charge is -2.36. The Morgan fingerprint density at radius 1 is 1.50 bits per heavy atom. The average Bonchev–Trinajstić information content (AvgIpc) is 2.38. The van der Waals surface area contributed by atoms with Crippen LogP contribution in [0.3, 0.4) is 0 Å². The van der Waals surface area contributed by atoms with E-state index in [1.807, 2.05) is 25.1 Å². The highest BCUT2D eigenvalue weighted by Gasteiger charge is 2.45. The van der Waals surface area contributed by atoms with Gasteiger partial charge < -0.3 is 5.32 Å². The molecule has 2 rings (SSSR count). The van der Waals surface area contributed by atoms with Crippen molar-refractivity contribution < 1.29 is 4.21 Å². The molecule has 2 unspecified atom stereocenters. The van der Waals surface area contributed by atoms with E-state index in [9.17, 15) is 4.21 Å². The second-order valence-corrected chi connectivity index (χ2v) is 6.78. The first-order valence-corrected chi connectivity index (χ1v) is 7.89. The van der Waals surface area contributed by atoms with Crippen LogP contribution < -0.4 is 5.32 Å². The van der Waals surface area contributed by atoms with Crippen molar-refractivity contribution in [2.75, 3.05) is 12.8 Å². The van der Waals surface area contributed by atoms with Gasteiger partial charge in [-0.25, -0.2) is 0 Å². The SMILES string of the molecule is CNC(=S)C1(c2cccc(C)n2)CCCCS1=O. The van der Waals surface area contributed by atoms with Crippen LogP contribution in [-0.4, -0.2) is 27.0 Å². The summed E-state index contributed by atoms with van der Waals surface area (Å²) >= 11 is 5.45. The molecule has 0 amide bonds. The second-order valence-electron chi connectivity index (χ2n) is 4.58. The first-order valence-electron chi connectivity index (χ1n) is 6.16. The normalized spacial score (nSPS) is 27.8. The fourth-order valence-corrected chi connectivity index (χ4v) is 4.77. The molecule has 98 valence electrons. The maximum Gasteiger partial charge on any atom is 0.137 e. The minimum absolute atomic E-state index is 0.589. The summed E-state index contributed by atoms with van der Waals surface area (Å²) in [5.41, 5.74) is 1.79. The van der Waals surface area contributed by atoms with E-state index in [1.54, 1.807) is 7.05 Å². The molecule has 5 heteroatoms. The van der Waals surface area contributed by atoms with E-state index in [-0.39, 0.29) is 0 Å². The van der Waals surface area contributed by atoms with Crippen LogP contribution in [0.1, 0.15) is 30.7 Å². The summed E-state index contributed by atoms with van der Waals surface area (Å²) in [5, 5.41) is 3.02. The predicted octanol–water partition coefficient (Wildman–Crippen LogP) is 2.06. The van der Waals surface area contributed by atoms with Gasteiger partial charge in [-0.1, -0.05) is 24.7 Å². The van der Waals surface area contributed by atoms with E-state index in [0.29, 0.717) is 10.7 Å². The number of hydrogen-bond acceptors (Lipinski definition) is 3. The van der Waals surface area contributed by atoms with E-state index >= 15 is 0 Å². The third-order valence-electron chi connectivity index (χ3n) is 3.39. The molecule has 1 N–H and O–H groups in total. The zero-order chi connectivity index (χ0) is 13.2. The van der Waals surface area contributed by atoms with Crippen molar-refractivity contribution in [2.24, 2.45) is 0 Å². The summed E-state index contributed by atoms with van der Waals surface area (Å²) < 4.78 is 12.0. The Morgan fingerprint density at radius 2 is 2.28 bits per heavy atom. The lowest BCUT2D eigenvalue weighted by atomic mass is 9.95. The van der Waals surface area contributed by atoms with Crippen molar-refractivity contribution in [1.29, 1.82) is 0 Å². The predicted molar refractivity (Wildman–Crippen MR) is 79.2 cm³/mol. The Labute approximate surface area is 116 Å². The number of nitrogens with zero attached hydrogens (tertiary/aromatic N) is 1. The van der Waals surface area contributed by atoms with Crippen molar-refractivity contribution >= 4 is 28.0 Å². The number of pyridine rings is 1. The number of hydrogen-bond donors (Lipinski definition) is 1. The molecule has 1 aromatic rings. The molecule has 1 aliphatic heterocycles. The third-order valence-corrected chi connectivity index (χ3v) is 6.13. The fourth-order valence-electron chi connectivity index (χ4n) is 2.44. The van der Waals surface area contributed by atoms with Gasteiger partial charge in [0.15, 0.2) is 0 Å². The zero-order valence-electron chi connectivity index (χ0n) is 10.7. The van der Waals surface area contributed by atoms with Crippen LogP contribution in [0.5, 0.6) is 0 Å². The summed E-state index contributed by atoms with van der Waals surface area (Å²) in [6.07, 6.45) is 2.87. The van der Waals surface area contributed by atoms with Crippen LogP contribution in [0.15, 0.2) is 18.2 Å². The van der Waals surface area contributed by atoms with E-state index < -0.39 is 15.5 Å². The minimum atomic E-state index is -0.992. The highest BCUT2D eigenvalue weighted by molar-refractivity contribution is 7.90. The molecular weight excluding hydrogens is 264 g/mol. The molecule has 1 fully saturated rings. The molecule has 0 spiro atoms. The lowest BCUT2D eigenvalue weighted by Crippen LogP contribution is -2.48. The molecule has 0 aliphatic carbocycles. The van der Waals surface area contributed by atoms with E-state index in [4.69, 9.17) is 12.2 Å². The topological polar surface area (TPSA) is 42.0 Å². The lowest BCUT2D eigenvalue weighted by molar-refractivity contribution is 0.565. The molecule has 3 nitrogen and oxygen atoms in total. The molecule has 1 aromatic heterocycles. The first kappa shape index (κ1) is 13.6. The fraction of sp³-hybridized carbons (Fsp3) is 0.538. The number of likely N-dealkylation sites (N-methyl/N-ethyl adjacent to an activating group) is 1. The van der Waals surface area contributed by atoms with Gasteiger partial charge in [-0.2, -0.15) is 0 Å². The molecule has 2 heterocycles. The van der Waals surface area contributed by atoms with Crippen LogP contribution >= 0.6 is 12.2 Å². The van der Waals surface area contributed by atoms with Crippen molar-refractivity contribution in [3.8, 4) is 0 Å². The maximum atomic E-state index is 12.6. The third kappa shape index (κ3) is 2.21. The Bertz CT molecular complexity index is 480. The van der Waals surface area contributed by atoms with Gasteiger partial charge in [-0.15, -0.1) is 0 Å². The summed E-state index contributed by atoms with van der Waals surface area (Å²) in [6.45, 7) is 1.95. The Kier molecular flexibility index (Phi) is 4.12. The zero-order valence-corrected chi connectivity index (χ0v) is 12.4. The standard InChI is InChI=1S/C13H18N2OS2/c1-10-6-5-7-11(15-10)13(12(17)14-2)8-3-4-9-18(13)16/h5-7H,3-4,8-9H2,1-2H3,(H,14,17). The summed E-state index contributed by atoms with van der Waals surface area (Å²) in [6, 6.07) is 5.86. The molecule has 0 saturated carbocycles. The first-order chi connectivity index (χ1) is 8.61. The Balaban J connectivity index is 2.54. The van der Waals surface area contributed by atoms with Gasteiger partial charge in [0.2, 0.25) is 0 Å². The maximum absolute atomic E-state index is 12.6. The van der Waals surface area contributed by atoms with Gasteiger partial charge in [-0.05, 0) is 31.9 Å². The van der Waals surface area contributed by atoms with Gasteiger partial charge >= 0.3 is 0 Å². The number of thiocarbonyl (C=S) groups is 1. The van der Waals surface area contributed by atoms with Crippen molar-refractivity contribution in [2.45, 2.75) is 30.9 Å². The summed E-state index contributed by atoms with van der Waals surface area (Å²) in [7, 11) is 0.805. The van der Waals surface area contributed by atoms with Gasteiger partial charge in [0, 0.05) is 29.3 Å².